The van der Waals surface area contributed by atoms with Crippen LogP contribution in [0.25, 0.3) is 10.9 Å². The van der Waals surface area contributed by atoms with E-state index in [1.807, 2.05) is 0 Å². The van der Waals surface area contributed by atoms with Gasteiger partial charge in [-0.25, -0.2) is 4.79 Å². The number of hydrogen-bond acceptors (Lipinski definition) is 3. The highest BCUT2D eigenvalue weighted by Gasteiger charge is 2.31. The molecule has 0 saturated heterocycles. The van der Waals surface area contributed by atoms with Gasteiger partial charge in [-0.15, -0.1) is 0 Å². The molecule has 5 nitrogen and oxygen atoms in total. The van der Waals surface area contributed by atoms with E-state index in [-0.39, 0.29) is 10.9 Å². The number of Topliss-reactive ketones (excluding diaryl/α,β-unsaturated/α-hetero) is 1. The van der Waals surface area contributed by atoms with E-state index in [1.54, 1.807) is 0 Å². The van der Waals surface area contributed by atoms with Crippen molar-refractivity contribution in [3.63, 3.8) is 0 Å². The van der Waals surface area contributed by atoms with Crippen LogP contribution in [0.15, 0.2) is 27.8 Å². The van der Waals surface area contributed by atoms with Crippen LogP contribution in [0.1, 0.15) is 12.5 Å². The Morgan fingerprint density at radius 3 is 2.38 bits per heavy atom. The van der Waals surface area contributed by atoms with Crippen LogP contribution < -0.4 is 11.2 Å². The second-order valence-corrected chi connectivity index (χ2v) is 4.66. The minimum Gasteiger partial charge on any atom is -0.298 e. The van der Waals surface area contributed by atoms with Crippen LogP contribution in [0.3, 0.4) is 0 Å². The van der Waals surface area contributed by atoms with Crippen molar-refractivity contribution < 1.29 is 18.0 Å². The molecule has 2 rings (SSSR count). The van der Waals surface area contributed by atoms with Crippen LogP contribution in [0, 0.1) is 0 Å². The summed E-state index contributed by atoms with van der Waals surface area (Å²) in [5.41, 5.74) is -2.56. The molecule has 1 aromatic carbocycles. The van der Waals surface area contributed by atoms with Gasteiger partial charge < -0.3 is 0 Å². The molecule has 0 aliphatic rings. The number of aromatic nitrogens is 2. The van der Waals surface area contributed by atoms with Gasteiger partial charge in [0.1, 0.15) is 5.78 Å². The van der Waals surface area contributed by atoms with E-state index >= 15 is 0 Å². The number of carbonyl (C=O) groups excluding carboxylic acids is 1. The molecule has 112 valence electrons. The maximum atomic E-state index is 12.7. The van der Waals surface area contributed by atoms with E-state index in [9.17, 15) is 27.6 Å². The normalized spacial score (nSPS) is 11.9. The molecule has 1 aromatic heterocycles. The number of halogens is 3. The Bertz CT molecular complexity index is 847. The highest BCUT2D eigenvalue weighted by molar-refractivity contribution is 5.80. The Morgan fingerprint density at radius 1 is 1.24 bits per heavy atom. The number of alkyl halides is 3. The predicted molar refractivity (Wildman–Crippen MR) is 69.1 cm³/mol. The van der Waals surface area contributed by atoms with E-state index < -0.39 is 35.3 Å². The summed E-state index contributed by atoms with van der Waals surface area (Å²) in [6, 6.07) is 2.56. The highest BCUT2D eigenvalue weighted by atomic mass is 19.4. The lowest BCUT2D eigenvalue weighted by molar-refractivity contribution is -0.137. The summed E-state index contributed by atoms with van der Waals surface area (Å²) >= 11 is 0. The molecule has 2 aromatic rings. The number of hydrogen-bond donors (Lipinski definition) is 0. The second kappa shape index (κ2) is 4.87. The van der Waals surface area contributed by atoms with Crippen molar-refractivity contribution in [2.75, 3.05) is 0 Å². The minimum absolute atomic E-state index is 0.0813. The van der Waals surface area contributed by atoms with Crippen LogP contribution in [0.5, 0.6) is 0 Å². The minimum atomic E-state index is -4.60. The first-order chi connectivity index (χ1) is 9.62. The summed E-state index contributed by atoms with van der Waals surface area (Å²) in [6.07, 6.45) is -4.60. The van der Waals surface area contributed by atoms with Crippen molar-refractivity contribution in [3.8, 4) is 0 Å². The predicted octanol–water partition coefficient (Wildman–Crippen LogP) is 1.31. The lowest BCUT2D eigenvalue weighted by Crippen LogP contribution is -2.40. The fraction of sp³-hybridized carbons (Fsp3) is 0.308. The summed E-state index contributed by atoms with van der Waals surface area (Å²) in [6.45, 7) is 0.708. The Kier molecular flexibility index (Phi) is 3.48. The van der Waals surface area contributed by atoms with Gasteiger partial charge in [0, 0.05) is 7.05 Å². The molecule has 21 heavy (non-hydrogen) atoms. The third-order valence-electron chi connectivity index (χ3n) is 3.06. The average Bonchev–Trinajstić information content (AvgIpc) is 2.39. The fourth-order valence-corrected chi connectivity index (χ4v) is 2.05. The van der Waals surface area contributed by atoms with Gasteiger partial charge in [-0.3, -0.25) is 18.7 Å². The molecule has 8 heteroatoms. The van der Waals surface area contributed by atoms with Crippen molar-refractivity contribution in [3.05, 3.63) is 44.6 Å². The molecule has 0 aliphatic heterocycles. The number of ketones is 1. The molecule has 0 radical (unpaired) electrons. The van der Waals surface area contributed by atoms with E-state index in [1.165, 1.54) is 14.0 Å². The van der Waals surface area contributed by atoms with Gasteiger partial charge in [0.2, 0.25) is 0 Å². The first kappa shape index (κ1) is 15.0. The van der Waals surface area contributed by atoms with Gasteiger partial charge in [0.15, 0.2) is 0 Å². The molecule has 0 atom stereocenters. The number of aryl methyl sites for hydroxylation is 1. The smallest absolute Gasteiger partial charge is 0.298 e. The third kappa shape index (κ3) is 2.61. The molecular weight excluding hydrogens is 289 g/mol. The number of carbonyl (C=O) groups is 1. The van der Waals surface area contributed by atoms with Crippen LogP contribution in [-0.2, 0) is 24.6 Å². The number of benzene rings is 1. The Morgan fingerprint density at radius 2 is 1.86 bits per heavy atom. The van der Waals surface area contributed by atoms with Gasteiger partial charge >= 0.3 is 11.9 Å². The highest BCUT2D eigenvalue weighted by Crippen LogP contribution is 2.30. The van der Waals surface area contributed by atoms with Crippen LogP contribution in [0.2, 0.25) is 0 Å². The summed E-state index contributed by atoms with van der Waals surface area (Å²) in [5, 5.41) is -0.256. The largest absolute Gasteiger partial charge is 0.416 e. The topological polar surface area (TPSA) is 61.1 Å². The van der Waals surface area contributed by atoms with Gasteiger partial charge in [-0.05, 0) is 25.1 Å². The first-order valence-electron chi connectivity index (χ1n) is 5.93. The average molecular weight is 300 g/mol. The van der Waals surface area contributed by atoms with E-state index in [2.05, 4.69) is 0 Å². The van der Waals surface area contributed by atoms with Crippen LogP contribution >= 0.6 is 0 Å². The quantitative estimate of drug-likeness (QED) is 0.840. The van der Waals surface area contributed by atoms with Crippen molar-refractivity contribution in [1.29, 1.82) is 0 Å². The molecule has 0 bridgehead atoms. The second-order valence-electron chi connectivity index (χ2n) is 4.66. The molecule has 0 amide bonds. The first-order valence-corrected chi connectivity index (χ1v) is 5.93. The molecule has 0 aliphatic carbocycles. The van der Waals surface area contributed by atoms with E-state index in [0.717, 1.165) is 16.7 Å². The molecule has 1 heterocycles. The standard InChI is InChI=1S/C13H11F3N2O3/c1-7(19)6-18-11(20)9-5-8(13(14,15)16)3-4-10(9)17(2)12(18)21/h3-5H,6H2,1-2H3. The molecule has 0 fully saturated rings. The van der Waals surface area contributed by atoms with Crippen molar-refractivity contribution >= 4 is 16.7 Å². The van der Waals surface area contributed by atoms with Gasteiger partial charge in [-0.2, -0.15) is 13.2 Å². The number of fused-ring (bicyclic) bond motifs is 1. The maximum absolute atomic E-state index is 12.7. The van der Waals surface area contributed by atoms with E-state index in [4.69, 9.17) is 0 Å². The zero-order valence-electron chi connectivity index (χ0n) is 11.2. The molecule has 0 N–H and O–H groups in total. The fourth-order valence-electron chi connectivity index (χ4n) is 2.05. The van der Waals surface area contributed by atoms with Gasteiger partial charge in [-0.1, -0.05) is 0 Å². The Balaban J connectivity index is 2.88. The van der Waals surface area contributed by atoms with Crippen molar-refractivity contribution in [2.24, 2.45) is 7.05 Å². The van der Waals surface area contributed by atoms with Gasteiger partial charge in [0.05, 0.1) is 23.0 Å². The third-order valence-corrected chi connectivity index (χ3v) is 3.06. The molecule has 0 unspecified atom stereocenters. The van der Waals surface area contributed by atoms with Crippen LogP contribution in [-0.4, -0.2) is 14.9 Å². The molecular formula is C13H11F3N2O3. The SMILES string of the molecule is CC(=O)Cn1c(=O)c2cc(C(F)(F)F)ccc2n(C)c1=O. The zero-order chi connectivity index (χ0) is 15.9. The summed E-state index contributed by atoms with van der Waals surface area (Å²) in [4.78, 5) is 35.2. The maximum Gasteiger partial charge on any atom is 0.416 e. The van der Waals surface area contributed by atoms with Crippen molar-refractivity contribution in [2.45, 2.75) is 19.6 Å². The monoisotopic (exact) mass is 300 g/mol. The van der Waals surface area contributed by atoms with Crippen LogP contribution in [0.4, 0.5) is 13.2 Å². The van der Waals surface area contributed by atoms with E-state index in [0.29, 0.717) is 10.6 Å². The molecule has 0 saturated carbocycles. The van der Waals surface area contributed by atoms with Crippen molar-refractivity contribution in [1.82, 2.24) is 9.13 Å². The molecule has 0 spiro atoms. The Labute approximate surface area is 116 Å². The summed E-state index contributed by atoms with van der Waals surface area (Å²) in [7, 11) is 1.33. The number of nitrogens with zero attached hydrogens (tertiary/aromatic N) is 2. The number of rotatable bonds is 2. The van der Waals surface area contributed by atoms with Gasteiger partial charge in [0.25, 0.3) is 5.56 Å². The summed E-state index contributed by atoms with van der Waals surface area (Å²) < 4.78 is 39.8. The lowest BCUT2D eigenvalue weighted by Gasteiger charge is -2.12. The lowest BCUT2D eigenvalue weighted by atomic mass is 10.1. The summed E-state index contributed by atoms with van der Waals surface area (Å²) in [5.74, 6) is -0.444. The Hall–Kier alpha value is -2.38. The zero-order valence-corrected chi connectivity index (χ0v) is 11.2.